The van der Waals surface area contributed by atoms with Gasteiger partial charge in [-0.05, 0) is 45.7 Å². The Kier molecular flexibility index (Phi) is 7.41. The van der Waals surface area contributed by atoms with Crippen molar-refractivity contribution in [1.29, 1.82) is 0 Å². The fourth-order valence-electron chi connectivity index (χ4n) is 2.60. The summed E-state index contributed by atoms with van der Waals surface area (Å²) in [4.78, 5) is 29.0. The van der Waals surface area contributed by atoms with Crippen LogP contribution in [0.2, 0.25) is 0 Å². The lowest BCUT2D eigenvalue weighted by Gasteiger charge is -2.33. The van der Waals surface area contributed by atoms with Gasteiger partial charge in [0.05, 0.1) is 26.0 Å². The Balaban J connectivity index is 1.63. The average Bonchev–Trinajstić information content (AvgIpc) is 2.64. The zero-order valence-corrected chi connectivity index (χ0v) is 16.4. The van der Waals surface area contributed by atoms with Crippen LogP contribution in [0, 0.1) is 0 Å². The second-order valence-corrected chi connectivity index (χ2v) is 7.26. The molecule has 0 radical (unpaired) electrons. The van der Waals surface area contributed by atoms with Gasteiger partial charge in [0.2, 0.25) is 0 Å². The topological polar surface area (TPSA) is 87.2 Å². The van der Waals surface area contributed by atoms with Gasteiger partial charge in [0.25, 0.3) is 0 Å². The van der Waals surface area contributed by atoms with Crippen molar-refractivity contribution in [3.8, 4) is 5.75 Å². The Morgan fingerprint density at radius 2 is 1.89 bits per heavy atom. The first-order chi connectivity index (χ1) is 12.8. The van der Waals surface area contributed by atoms with Crippen molar-refractivity contribution in [3.63, 3.8) is 0 Å². The molecule has 0 spiro atoms. The summed E-state index contributed by atoms with van der Waals surface area (Å²) in [5.41, 5.74) is -0.246. The van der Waals surface area contributed by atoms with Crippen LogP contribution in [-0.2, 0) is 14.2 Å². The van der Waals surface area contributed by atoms with Crippen LogP contribution in [0.4, 0.5) is 4.79 Å². The Hall–Kier alpha value is -2.35. The monoisotopic (exact) mass is 380 g/mol. The minimum atomic E-state index is -0.484. The third-order valence-corrected chi connectivity index (χ3v) is 3.93. The number of esters is 1. The molecule has 0 aromatic carbocycles. The number of piperidine rings is 1. The van der Waals surface area contributed by atoms with Crippen LogP contribution in [0.25, 0.3) is 0 Å². The highest BCUT2D eigenvalue weighted by atomic mass is 16.6. The molecule has 1 aromatic rings. The number of likely N-dealkylation sites (tertiary alicyclic amines) is 1. The average molecular weight is 380 g/mol. The van der Waals surface area contributed by atoms with Gasteiger partial charge in [-0.25, -0.2) is 14.6 Å². The molecule has 150 valence electrons. The van der Waals surface area contributed by atoms with Crippen LogP contribution in [-0.4, -0.2) is 67.1 Å². The van der Waals surface area contributed by atoms with E-state index < -0.39 is 11.6 Å². The smallest absolute Gasteiger partial charge is 0.410 e. The van der Waals surface area contributed by atoms with E-state index >= 15 is 0 Å². The summed E-state index contributed by atoms with van der Waals surface area (Å²) in [6, 6.07) is 3.22. The molecule has 1 saturated heterocycles. The number of rotatable bonds is 6. The van der Waals surface area contributed by atoms with E-state index in [1.54, 1.807) is 17.0 Å². The maximum absolute atomic E-state index is 12.0. The lowest BCUT2D eigenvalue weighted by Crippen LogP contribution is -2.43. The van der Waals surface area contributed by atoms with Gasteiger partial charge in [0, 0.05) is 13.1 Å². The number of carbonyl (C=O) groups is 2. The quantitative estimate of drug-likeness (QED) is 0.554. The van der Waals surface area contributed by atoms with Crippen LogP contribution in [0.3, 0.4) is 0 Å². The van der Waals surface area contributed by atoms with E-state index in [-0.39, 0.29) is 17.9 Å². The zero-order valence-electron chi connectivity index (χ0n) is 16.4. The molecular weight excluding hydrogens is 352 g/mol. The van der Waals surface area contributed by atoms with E-state index in [1.165, 1.54) is 13.3 Å². The molecule has 8 heteroatoms. The SMILES string of the molecule is COC(=O)c1ccc(OCCOC2CCN(C(=O)OC(C)(C)C)CC2)cn1. The minimum Gasteiger partial charge on any atom is -0.490 e. The number of amides is 1. The second-order valence-electron chi connectivity index (χ2n) is 7.26. The first-order valence-electron chi connectivity index (χ1n) is 9.05. The summed E-state index contributed by atoms with van der Waals surface area (Å²) in [6.07, 6.45) is 2.86. The van der Waals surface area contributed by atoms with E-state index in [9.17, 15) is 9.59 Å². The van der Waals surface area contributed by atoms with Crippen molar-refractivity contribution in [3.05, 3.63) is 24.0 Å². The number of nitrogens with zero attached hydrogens (tertiary/aromatic N) is 2. The van der Waals surface area contributed by atoms with Gasteiger partial charge in [0.1, 0.15) is 23.7 Å². The van der Waals surface area contributed by atoms with E-state index in [1.807, 2.05) is 20.8 Å². The molecule has 1 aliphatic rings. The predicted molar refractivity (Wildman–Crippen MR) is 97.9 cm³/mol. The standard InChI is InChI=1S/C19H28N2O6/c1-19(2,3)27-18(23)21-9-7-14(8-10-21)25-11-12-26-15-5-6-16(20-13-15)17(22)24-4/h5-6,13-14H,7-12H2,1-4H3. The van der Waals surface area contributed by atoms with Crippen LogP contribution >= 0.6 is 0 Å². The fraction of sp³-hybridized carbons (Fsp3) is 0.632. The van der Waals surface area contributed by atoms with E-state index in [0.717, 1.165) is 12.8 Å². The lowest BCUT2D eigenvalue weighted by atomic mass is 10.1. The molecular formula is C19H28N2O6. The van der Waals surface area contributed by atoms with Crippen LogP contribution in [0.5, 0.6) is 5.75 Å². The molecule has 2 rings (SSSR count). The van der Waals surface area contributed by atoms with Gasteiger partial charge in [0.15, 0.2) is 0 Å². The molecule has 0 saturated carbocycles. The maximum atomic E-state index is 12.0. The van der Waals surface area contributed by atoms with E-state index in [4.69, 9.17) is 14.2 Å². The third-order valence-electron chi connectivity index (χ3n) is 3.93. The van der Waals surface area contributed by atoms with Crippen molar-refractivity contribution in [1.82, 2.24) is 9.88 Å². The number of hydrogen-bond acceptors (Lipinski definition) is 7. The Labute approximate surface area is 159 Å². The number of aromatic nitrogens is 1. The zero-order chi connectivity index (χ0) is 19.9. The van der Waals surface area contributed by atoms with Gasteiger partial charge >= 0.3 is 12.1 Å². The maximum Gasteiger partial charge on any atom is 0.410 e. The summed E-state index contributed by atoms with van der Waals surface area (Å²) in [7, 11) is 1.31. The molecule has 0 N–H and O–H groups in total. The van der Waals surface area contributed by atoms with Gasteiger partial charge in [-0.1, -0.05) is 0 Å². The van der Waals surface area contributed by atoms with Crippen LogP contribution in [0.15, 0.2) is 18.3 Å². The first-order valence-corrected chi connectivity index (χ1v) is 9.05. The largest absolute Gasteiger partial charge is 0.490 e. The molecule has 0 aliphatic carbocycles. The van der Waals surface area contributed by atoms with Crippen molar-refractivity contribution >= 4 is 12.1 Å². The highest BCUT2D eigenvalue weighted by molar-refractivity contribution is 5.87. The van der Waals surface area contributed by atoms with E-state index in [0.29, 0.717) is 32.1 Å². The normalized spacial score (nSPS) is 15.3. The molecule has 1 aromatic heterocycles. The molecule has 1 fully saturated rings. The molecule has 0 atom stereocenters. The molecule has 1 aliphatic heterocycles. The van der Waals surface area contributed by atoms with Gasteiger partial charge in [-0.15, -0.1) is 0 Å². The van der Waals surface area contributed by atoms with E-state index in [2.05, 4.69) is 9.72 Å². The van der Waals surface area contributed by atoms with Gasteiger partial charge in [-0.2, -0.15) is 0 Å². The Morgan fingerprint density at radius 3 is 2.44 bits per heavy atom. The minimum absolute atomic E-state index is 0.104. The van der Waals surface area contributed by atoms with Crippen molar-refractivity contribution in [2.24, 2.45) is 0 Å². The summed E-state index contributed by atoms with van der Waals surface area (Å²) in [5.74, 6) is 0.0774. The summed E-state index contributed by atoms with van der Waals surface area (Å²) in [6.45, 7) is 7.65. The Morgan fingerprint density at radius 1 is 1.19 bits per heavy atom. The fourth-order valence-corrected chi connectivity index (χ4v) is 2.60. The number of pyridine rings is 1. The summed E-state index contributed by atoms with van der Waals surface area (Å²) < 4.78 is 21.3. The lowest BCUT2D eigenvalue weighted by molar-refractivity contribution is -0.0177. The van der Waals surface area contributed by atoms with Crippen LogP contribution in [0.1, 0.15) is 44.1 Å². The van der Waals surface area contributed by atoms with Crippen molar-refractivity contribution < 1.29 is 28.5 Å². The first kappa shape index (κ1) is 21.0. The molecule has 0 unspecified atom stereocenters. The highest BCUT2D eigenvalue weighted by Gasteiger charge is 2.27. The summed E-state index contributed by atoms with van der Waals surface area (Å²) >= 11 is 0. The molecule has 27 heavy (non-hydrogen) atoms. The summed E-state index contributed by atoms with van der Waals surface area (Å²) in [5, 5.41) is 0. The molecule has 1 amide bonds. The second kappa shape index (κ2) is 9.55. The van der Waals surface area contributed by atoms with Crippen molar-refractivity contribution in [2.75, 3.05) is 33.4 Å². The highest BCUT2D eigenvalue weighted by Crippen LogP contribution is 2.17. The van der Waals surface area contributed by atoms with Gasteiger partial charge in [-0.3, -0.25) is 0 Å². The number of hydrogen-bond donors (Lipinski definition) is 0. The molecule has 0 bridgehead atoms. The number of methoxy groups -OCH3 is 1. The third kappa shape index (κ3) is 7.05. The molecule has 8 nitrogen and oxygen atoms in total. The number of ether oxygens (including phenoxy) is 4. The number of carbonyl (C=O) groups excluding carboxylic acids is 2. The van der Waals surface area contributed by atoms with Crippen molar-refractivity contribution in [2.45, 2.75) is 45.3 Å². The molecule has 2 heterocycles. The Bertz CT molecular complexity index is 618. The predicted octanol–water partition coefficient (Wildman–Crippen LogP) is 2.66. The van der Waals surface area contributed by atoms with Gasteiger partial charge < -0.3 is 23.8 Å². The van der Waals surface area contributed by atoms with Crippen LogP contribution < -0.4 is 4.74 Å².